The van der Waals surface area contributed by atoms with E-state index in [2.05, 4.69) is 28.1 Å². The van der Waals surface area contributed by atoms with Gasteiger partial charge in [0.1, 0.15) is 0 Å². The van der Waals surface area contributed by atoms with Gasteiger partial charge >= 0.3 is 0 Å². The molecule has 0 aliphatic carbocycles. The fourth-order valence-electron chi connectivity index (χ4n) is 3.13. The average Bonchev–Trinajstić information content (AvgIpc) is 3.12. The van der Waals surface area contributed by atoms with Crippen molar-refractivity contribution < 1.29 is 4.79 Å². The van der Waals surface area contributed by atoms with Crippen molar-refractivity contribution in [1.29, 1.82) is 0 Å². The molecular formula is C18H16N2O. The van der Waals surface area contributed by atoms with Crippen LogP contribution in [0.3, 0.4) is 0 Å². The summed E-state index contributed by atoms with van der Waals surface area (Å²) in [5.41, 5.74) is 4.34. The van der Waals surface area contributed by atoms with Crippen LogP contribution in [0.5, 0.6) is 0 Å². The van der Waals surface area contributed by atoms with Crippen LogP contribution in [0.25, 0.3) is 10.9 Å². The van der Waals surface area contributed by atoms with Crippen LogP contribution in [-0.2, 0) is 6.42 Å². The molecule has 1 aliphatic rings. The van der Waals surface area contributed by atoms with Gasteiger partial charge in [0.25, 0.3) is 0 Å². The molecular weight excluding hydrogens is 260 g/mol. The Balaban J connectivity index is 1.62. The standard InChI is InChI=1S/C18H16N2O/c21-18(15-11-19-16-7-3-2-6-14(15)16)12-20-10-9-13-5-1-4-8-17(13)20/h1-8,11,19H,9-10,12H2. The molecule has 0 saturated heterocycles. The summed E-state index contributed by atoms with van der Waals surface area (Å²) in [4.78, 5) is 18.0. The van der Waals surface area contributed by atoms with E-state index in [9.17, 15) is 4.79 Å². The number of nitrogens with zero attached hydrogens (tertiary/aromatic N) is 1. The number of nitrogens with one attached hydrogen (secondary N) is 1. The number of aromatic amines is 1. The summed E-state index contributed by atoms with van der Waals surface area (Å²) in [6, 6.07) is 16.3. The summed E-state index contributed by atoms with van der Waals surface area (Å²) >= 11 is 0. The van der Waals surface area contributed by atoms with Crippen molar-refractivity contribution in [2.75, 3.05) is 18.0 Å². The zero-order valence-electron chi connectivity index (χ0n) is 11.7. The molecule has 2 aromatic carbocycles. The Morgan fingerprint density at radius 2 is 1.90 bits per heavy atom. The Bertz CT molecular complexity index is 819. The van der Waals surface area contributed by atoms with Crippen molar-refractivity contribution in [2.45, 2.75) is 6.42 Å². The van der Waals surface area contributed by atoms with E-state index in [0.29, 0.717) is 6.54 Å². The number of para-hydroxylation sites is 2. The molecule has 3 aromatic rings. The molecule has 0 saturated carbocycles. The molecule has 0 atom stereocenters. The van der Waals surface area contributed by atoms with Crippen LogP contribution in [0.15, 0.2) is 54.7 Å². The number of hydrogen-bond acceptors (Lipinski definition) is 2. The Hall–Kier alpha value is -2.55. The SMILES string of the molecule is O=C(CN1CCc2ccccc21)c1c[nH]c2ccccc12. The first-order chi connectivity index (χ1) is 10.3. The smallest absolute Gasteiger partial charge is 0.184 e. The number of Topliss-reactive ketones (excluding diaryl/α,β-unsaturated/α-hetero) is 1. The summed E-state index contributed by atoms with van der Waals surface area (Å²) in [5.74, 6) is 0.171. The molecule has 3 heteroatoms. The first-order valence-electron chi connectivity index (χ1n) is 7.25. The Labute approximate surface area is 123 Å². The lowest BCUT2D eigenvalue weighted by Gasteiger charge is -2.18. The van der Waals surface area contributed by atoms with Gasteiger partial charge in [0.15, 0.2) is 5.78 Å². The van der Waals surface area contributed by atoms with E-state index < -0.39 is 0 Å². The second-order valence-corrected chi connectivity index (χ2v) is 5.47. The summed E-state index contributed by atoms with van der Waals surface area (Å²) in [6.45, 7) is 1.37. The third-order valence-electron chi connectivity index (χ3n) is 4.21. The fourth-order valence-corrected chi connectivity index (χ4v) is 3.13. The number of hydrogen-bond donors (Lipinski definition) is 1. The van der Waals surface area contributed by atoms with Crippen LogP contribution in [-0.4, -0.2) is 23.9 Å². The minimum Gasteiger partial charge on any atom is -0.363 e. The average molecular weight is 276 g/mol. The zero-order valence-corrected chi connectivity index (χ0v) is 11.7. The molecule has 4 rings (SSSR count). The second-order valence-electron chi connectivity index (χ2n) is 5.47. The van der Waals surface area contributed by atoms with Crippen molar-refractivity contribution in [2.24, 2.45) is 0 Å². The summed E-state index contributed by atoms with van der Waals surface area (Å²) in [6.07, 6.45) is 2.85. The number of anilines is 1. The Morgan fingerprint density at radius 1 is 1.10 bits per heavy atom. The maximum absolute atomic E-state index is 12.6. The number of fused-ring (bicyclic) bond motifs is 2. The minimum atomic E-state index is 0.171. The van der Waals surface area contributed by atoms with E-state index in [-0.39, 0.29) is 5.78 Å². The molecule has 0 amide bonds. The van der Waals surface area contributed by atoms with Gasteiger partial charge in [0.2, 0.25) is 0 Å². The topological polar surface area (TPSA) is 36.1 Å². The Morgan fingerprint density at radius 3 is 2.86 bits per heavy atom. The van der Waals surface area contributed by atoms with Gasteiger partial charge in [-0.3, -0.25) is 4.79 Å². The van der Waals surface area contributed by atoms with Crippen LogP contribution in [0.1, 0.15) is 15.9 Å². The third kappa shape index (κ3) is 2.02. The molecule has 1 aliphatic heterocycles. The van der Waals surface area contributed by atoms with Crippen LogP contribution >= 0.6 is 0 Å². The van der Waals surface area contributed by atoms with Crippen molar-refractivity contribution in [3.05, 3.63) is 65.9 Å². The monoisotopic (exact) mass is 276 g/mol. The zero-order chi connectivity index (χ0) is 14.2. The molecule has 0 radical (unpaired) electrons. The highest BCUT2D eigenvalue weighted by Gasteiger charge is 2.22. The predicted octanol–water partition coefficient (Wildman–Crippen LogP) is 3.41. The van der Waals surface area contributed by atoms with E-state index in [1.54, 1.807) is 0 Å². The minimum absolute atomic E-state index is 0.171. The normalized spacial score (nSPS) is 13.6. The van der Waals surface area contributed by atoms with E-state index >= 15 is 0 Å². The number of carbonyl (C=O) groups is 1. The first-order valence-corrected chi connectivity index (χ1v) is 7.25. The molecule has 21 heavy (non-hydrogen) atoms. The highest BCUT2D eigenvalue weighted by molar-refractivity contribution is 6.09. The number of aromatic nitrogens is 1. The number of benzene rings is 2. The molecule has 1 N–H and O–H groups in total. The molecule has 104 valence electrons. The molecule has 0 bridgehead atoms. The highest BCUT2D eigenvalue weighted by atomic mass is 16.1. The summed E-state index contributed by atoms with van der Waals surface area (Å²) in [7, 11) is 0. The van der Waals surface area contributed by atoms with Gasteiger partial charge in [-0.1, -0.05) is 36.4 Å². The van der Waals surface area contributed by atoms with E-state index in [0.717, 1.165) is 29.4 Å². The summed E-state index contributed by atoms with van der Waals surface area (Å²) < 4.78 is 0. The quantitative estimate of drug-likeness (QED) is 0.744. The van der Waals surface area contributed by atoms with Gasteiger partial charge in [0.05, 0.1) is 6.54 Å². The van der Waals surface area contributed by atoms with Crippen molar-refractivity contribution >= 4 is 22.4 Å². The van der Waals surface area contributed by atoms with Gasteiger partial charge in [-0.15, -0.1) is 0 Å². The van der Waals surface area contributed by atoms with Crippen molar-refractivity contribution in [3.63, 3.8) is 0 Å². The number of ketones is 1. The van der Waals surface area contributed by atoms with Gasteiger partial charge in [-0.25, -0.2) is 0 Å². The maximum Gasteiger partial charge on any atom is 0.184 e. The molecule has 0 spiro atoms. The lowest BCUT2D eigenvalue weighted by atomic mass is 10.1. The largest absolute Gasteiger partial charge is 0.363 e. The number of carbonyl (C=O) groups excluding carboxylic acids is 1. The molecule has 3 nitrogen and oxygen atoms in total. The summed E-state index contributed by atoms with van der Waals surface area (Å²) in [5, 5.41) is 1.01. The number of rotatable bonds is 3. The molecule has 0 unspecified atom stereocenters. The van der Waals surface area contributed by atoms with E-state index in [1.165, 1.54) is 11.3 Å². The highest BCUT2D eigenvalue weighted by Crippen LogP contribution is 2.28. The molecule has 0 fully saturated rings. The van der Waals surface area contributed by atoms with Gasteiger partial charge in [-0.05, 0) is 24.1 Å². The van der Waals surface area contributed by atoms with E-state index in [1.807, 2.05) is 36.5 Å². The third-order valence-corrected chi connectivity index (χ3v) is 4.21. The lowest BCUT2D eigenvalue weighted by molar-refractivity contribution is 0.100. The predicted molar refractivity (Wildman–Crippen MR) is 85.0 cm³/mol. The van der Waals surface area contributed by atoms with Gasteiger partial charge in [-0.2, -0.15) is 0 Å². The fraction of sp³-hybridized carbons (Fsp3) is 0.167. The van der Waals surface area contributed by atoms with E-state index in [4.69, 9.17) is 0 Å². The van der Waals surface area contributed by atoms with Crippen LogP contribution in [0.4, 0.5) is 5.69 Å². The van der Waals surface area contributed by atoms with Crippen molar-refractivity contribution in [1.82, 2.24) is 4.98 Å². The Kier molecular flexibility index (Phi) is 2.78. The first kappa shape index (κ1) is 12.2. The number of H-pyrrole nitrogens is 1. The second kappa shape index (κ2) is 4.77. The van der Waals surface area contributed by atoms with Gasteiger partial charge in [0, 0.05) is 34.9 Å². The van der Waals surface area contributed by atoms with Crippen LogP contribution in [0, 0.1) is 0 Å². The van der Waals surface area contributed by atoms with Gasteiger partial charge < -0.3 is 9.88 Å². The molecule has 1 aromatic heterocycles. The van der Waals surface area contributed by atoms with Crippen LogP contribution < -0.4 is 4.90 Å². The maximum atomic E-state index is 12.6. The van der Waals surface area contributed by atoms with Crippen molar-refractivity contribution in [3.8, 4) is 0 Å². The molecule has 2 heterocycles. The van der Waals surface area contributed by atoms with Crippen LogP contribution in [0.2, 0.25) is 0 Å². The lowest BCUT2D eigenvalue weighted by Crippen LogP contribution is -2.27.